The fourth-order valence-corrected chi connectivity index (χ4v) is 4.07. The molecule has 0 atom stereocenters. The summed E-state index contributed by atoms with van der Waals surface area (Å²) in [6.07, 6.45) is 2.97. The van der Waals surface area contributed by atoms with Crippen molar-refractivity contribution in [3.63, 3.8) is 0 Å². The zero-order valence-corrected chi connectivity index (χ0v) is 17.1. The van der Waals surface area contributed by atoms with Gasteiger partial charge in [-0.25, -0.2) is 8.42 Å². The number of fused-ring (bicyclic) bond motifs is 1. The number of rotatable bonds is 10. The van der Waals surface area contributed by atoms with Crippen molar-refractivity contribution in [1.29, 1.82) is 0 Å². The number of hydrogen-bond acceptors (Lipinski definition) is 5. The van der Waals surface area contributed by atoms with Crippen molar-refractivity contribution in [2.24, 2.45) is 4.99 Å². The van der Waals surface area contributed by atoms with Gasteiger partial charge in [0.05, 0.1) is 4.90 Å². The van der Waals surface area contributed by atoms with Gasteiger partial charge in [0.1, 0.15) is 5.84 Å². The van der Waals surface area contributed by atoms with Crippen LogP contribution in [0.2, 0.25) is 0 Å². The van der Waals surface area contributed by atoms with Gasteiger partial charge in [-0.3, -0.25) is 19.3 Å². The van der Waals surface area contributed by atoms with Crippen LogP contribution in [0.15, 0.2) is 34.2 Å². The number of sulfonamides is 1. The van der Waals surface area contributed by atoms with Crippen LogP contribution in [-0.4, -0.2) is 45.2 Å². The molecule has 0 spiro atoms. The molecule has 0 unspecified atom stereocenters. The number of amides is 2. The van der Waals surface area contributed by atoms with Gasteiger partial charge < -0.3 is 10.6 Å². The number of benzene rings is 1. The Kier molecular flexibility index (Phi) is 7.98. The maximum absolute atomic E-state index is 12.0. The van der Waals surface area contributed by atoms with Gasteiger partial charge in [-0.2, -0.15) is 0 Å². The molecule has 1 aromatic carbocycles. The summed E-state index contributed by atoms with van der Waals surface area (Å²) in [7, 11) is -3.50. The van der Waals surface area contributed by atoms with Crippen LogP contribution in [-0.2, 0) is 19.6 Å². The second-order valence-electron chi connectivity index (χ2n) is 6.96. The van der Waals surface area contributed by atoms with Crippen LogP contribution in [0.5, 0.6) is 0 Å². The quantitative estimate of drug-likeness (QED) is 0.506. The summed E-state index contributed by atoms with van der Waals surface area (Å²) in [5, 5.41) is 5.51. The topological polar surface area (TPSA) is 117 Å². The minimum atomic E-state index is -3.50. The van der Waals surface area contributed by atoms with Gasteiger partial charge in [-0.05, 0) is 38.8 Å². The summed E-state index contributed by atoms with van der Waals surface area (Å²) >= 11 is 0. The number of hydrogen-bond donors (Lipinski definition) is 3. The minimum absolute atomic E-state index is 0.0684. The van der Waals surface area contributed by atoms with Gasteiger partial charge in [0.15, 0.2) is 0 Å². The molecule has 28 heavy (non-hydrogen) atoms. The molecule has 0 saturated carbocycles. The van der Waals surface area contributed by atoms with Crippen LogP contribution in [0.4, 0.5) is 0 Å². The highest BCUT2D eigenvalue weighted by Gasteiger charge is 2.29. The smallest absolute Gasteiger partial charge is 0.263 e. The van der Waals surface area contributed by atoms with Gasteiger partial charge in [0.25, 0.3) is 10.0 Å². The molecule has 1 aromatic rings. The largest absolute Gasteiger partial charge is 0.356 e. The molecule has 9 heteroatoms. The van der Waals surface area contributed by atoms with E-state index in [1.807, 2.05) is 13.8 Å². The van der Waals surface area contributed by atoms with E-state index < -0.39 is 10.0 Å². The predicted molar refractivity (Wildman–Crippen MR) is 108 cm³/mol. The van der Waals surface area contributed by atoms with Crippen molar-refractivity contribution in [1.82, 2.24) is 15.4 Å². The highest BCUT2D eigenvalue weighted by atomic mass is 32.2. The number of aliphatic imine (C=N–C) groups is 1. The van der Waals surface area contributed by atoms with Crippen LogP contribution < -0.4 is 15.4 Å². The zero-order valence-electron chi connectivity index (χ0n) is 16.3. The second-order valence-corrected chi connectivity index (χ2v) is 8.62. The Labute approximate surface area is 166 Å². The fourth-order valence-electron chi connectivity index (χ4n) is 2.81. The van der Waals surface area contributed by atoms with E-state index in [1.54, 1.807) is 24.3 Å². The first kappa shape index (κ1) is 21.9. The molecule has 1 heterocycles. The lowest BCUT2D eigenvalue weighted by molar-refractivity contribution is -0.122. The molecule has 1 aliphatic heterocycles. The first-order valence-electron chi connectivity index (χ1n) is 9.52. The number of unbranched alkanes of at least 4 members (excludes halogenated alkanes) is 2. The van der Waals surface area contributed by atoms with Crippen molar-refractivity contribution in [3.8, 4) is 0 Å². The predicted octanol–water partition coefficient (Wildman–Crippen LogP) is 1.32. The summed E-state index contributed by atoms with van der Waals surface area (Å²) in [4.78, 5) is 27.8. The number of nitrogens with zero attached hydrogens (tertiary/aromatic N) is 1. The lowest BCUT2D eigenvalue weighted by atomic mass is 10.2. The Morgan fingerprint density at radius 1 is 1.07 bits per heavy atom. The molecule has 0 fully saturated rings. The highest BCUT2D eigenvalue weighted by molar-refractivity contribution is 7.90. The van der Waals surface area contributed by atoms with E-state index in [2.05, 4.69) is 20.3 Å². The van der Waals surface area contributed by atoms with Gasteiger partial charge >= 0.3 is 0 Å². The van der Waals surface area contributed by atoms with E-state index >= 15 is 0 Å². The minimum Gasteiger partial charge on any atom is -0.356 e. The summed E-state index contributed by atoms with van der Waals surface area (Å²) in [6, 6.07) is 6.85. The lowest BCUT2D eigenvalue weighted by Crippen LogP contribution is -2.34. The Morgan fingerprint density at radius 2 is 1.82 bits per heavy atom. The molecule has 0 saturated heterocycles. The van der Waals surface area contributed by atoms with Crippen molar-refractivity contribution in [3.05, 3.63) is 29.8 Å². The molecule has 0 bridgehead atoms. The number of carbonyl (C=O) groups is 2. The molecule has 8 nitrogen and oxygen atoms in total. The molecule has 1 aliphatic rings. The van der Waals surface area contributed by atoms with Crippen LogP contribution in [0.25, 0.3) is 0 Å². The van der Waals surface area contributed by atoms with E-state index in [-0.39, 0.29) is 29.2 Å². The van der Waals surface area contributed by atoms with E-state index in [4.69, 9.17) is 0 Å². The number of carbonyl (C=O) groups excluding carboxylic acids is 2. The second kappa shape index (κ2) is 10.2. The van der Waals surface area contributed by atoms with E-state index in [0.29, 0.717) is 30.9 Å². The molecular weight excluding hydrogens is 380 g/mol. The van der Waals surface area contributed by atoms with Gasteiger partial charge in [0.2, 0.25) is 11.8 Å². The average molecular weight is 409 g/mol. The number of amidine groups is 1. The normalized spacial score (nSPS) is 15.9. The van der Waals surface area contributed by atoms with Crippen molar-refractivity contribution in [2.75, 3.05) is 13.1 Å². The third-order valence-electron chi connectivity index (χ3n) is 4.12. The third-order valence-corrected chi connectivity index (χ3v) is 5.52. The molecule has 0 aliphatic carbocycles. The van der Waals surface area contributed by atoms with Gasteiger partial charge in [-0.15, -0.1) is 0 Å². The van der Waals surface area contributed by atoms with E-state index in [1.165, 1.54) is 0 Å². The standard InChI is InChI=1S/C19H28N4O4S/c1-14(2)22-18(25)11-13-20-17(24)10-4-3-7-12-21-19-15-8-5-6-9-16(15)28(26,27)23-19/h5-6,8-9,14H,3-4,7,10-13H2,1-2H3,(H,20,24)(H,21,23)(H,22,25). The van der Waals surface area contributed by atoms with Crippen molar-refractivity contribution >= 4 is 27.7 Å². The van der Waals surface area contributed by atoms with Gasteiger partial charge in [0, 0.05) is 37.5 Å². The monoisotopic (exact) mass is 408 g/mol. The number of nitrogens with one attached hydrogen (secondary N) is 3. The molecule has 0 radical (unpaired) electrons. The molecule has 2 amide bonds. The Balaban J connectivity index is 1.62. The Morgan fingerprint density at radius 3 is 2.57 bits per heavy atom. The van der Waals surface area contributed by atoms with Crippen LogP contribution >= 0.6 is 0 Å². The van der Waals surface area contributed by atoms with Crippen LogP contribution in [0.1, 0.15) is 51.5 Å². The van der Waals surface area contributed by atoms with E-state index in [9.17, 15) is 18.0 Å². The zero-order chi connectivity index (χ0) is 20.6. The average Bonchev–Trinajstić information content (AvgIpc) is 2.88. The summed E-state index contributed by atoms with van der Waals surface area (Å²) in [6.45, 7) is 4.61. The summed E-state index contributed by atoms with van der Waals surface area (Å²) < 4.78 is 26.5. The van der Waals surface area contributed by atoms with Crippen molar-refractivity contribution in [2.45, 2.75) is 56.9 Å². The van der Waals surface area contributed by atoms with Gasteiger partial charge in [-0.1, -0.05) is 18.6 Å². The first-order chi connectivity index (χ1) is 13.3. The third kappa shape index (κ3) is 6.63. The Hall–Kier alpha value is -2.42. The molecule has 0 aromatic heterocycles. The molecule has 154 valence electrons. The van der Waals surface area contributed by atoms with Crippen LogP contribution in [0, 0.1) is 0 Å². The first-order valence-corrected chi connectivity index (χ1v) is 11.0. The molecule has 3 N–H and O–H groups in total. The maximum Gasteiger partial charge on any atom is 0.263 e. The SMILES string of the molecule is CC(C)NC(=O)CCNC(=O)CCCCCN=C1NS(=O)(=O)c2ccccc21. The molecule has 2 rings (SSSR count). The van der Waals surface area contributed by atoms with Crippen LogP contribution in [0.3, 0.4) is 0 Å². The fraction of sp³-hybridized carbons (Fsp3) is 0.526. The Bertz CT molecular complexity index is 834. The maximum atomic E-state index is 12.0. The van der Waals surface area contributed by atoms with Crippen molar-refractivity contribution < 1.29 is 18.0 Å². The molecular formula is C19H28N4O4S. The highest BCUT2D eigenvalue weighted by Crippen LogP contribution is 2.22. The summed E-state index contributed by atoms with van der Waals surface area (Å²) in [5.74, 6) is 0.243. The summed E-state index contributed by atoms with van der Waals surface area (Å²) in [5.41, 5.74) is 0.600. The van der Waals surface area contributed by atoms with E-state index in [0.717, 1.165) is 19.3 Å². The lowest BCUT2D eigenvalue weighted by Gasteiger charge is -2.08.